The maximum absolute atomic E-state index is 13.3. The van der Waals surface area contributed by atoms with Crippen molar-refractivity contribution in [2.45, 2.75) is 25.9 Å². The largest absolute Gasteiger partial charge is 0.496 e. The average molecular weight is 390 g/mol. The first-order valence-corrected chi connectivity index (χ1v) is 8.61. The number of hydrogen-bond donors (Lipinski definition) is 0. The molecule has 0 bridgehead atoms. The van der Waals surface area contributed by atoms with E-state index in [4.69, 9.17) is 18.8 Å². The molecule has 0 aliphatic rings. The van der Waals surface area contributed by atoms with Crippen molar-refractivity contribution in [1.82, 2.24) is 0 Å². The Hall–Kier alpha value is -2.72. The second kappa shape index (κ2) is 11.1. The molecule has 2 aromatic carbocycles. The molecule has 1 atom stereocenters. The summed E-state index contributed by atoms with van der Waals surface area (Å²) in [6, 6.07) is 13.9. The number of methoxy groups -OCH3 is 2. The van der Waals surface area contributed by atoms with Crippen molar-refractivity contribution in [3.8, 4) is 11.5 Å². The fourth-order valence-corrected chi connectivity index (χ4v) is 2.58. The number of carbonyl (C=O) groups is 2. The van der Waals surface area contributed by atoms with Gasteiger partial charge in [0.1, 0.15) is 32.1 Å². The monoisotopic (exact) mass is 390 g/mol. The van der Waals surface area contributed by atoms with Crippen LogP contribution in [-0.4, -0.2) is 32.1 Å². The Kier molecular flexibility index (Phi) is 9.17. The second-order valence-electron chi connectivity index (χ2n) is 5.73. The van der Waals surface area contributed by atoms with Gasteiger partial charge in [0.2, 0.25) is 0 Å². The molecular formula is C20H23O6P. The van der Waals surface area contributed by atoms with Crippen molar-refractivity contribution >= 4 is 20.9 Å². The van der Waals surface area contributed by atoms with E-state index < -0.39 is 17.7 Å². The van der Waals surface area contributed by atoms with Gasteiger partial charge in [0.05, 0.1) is 20.3 Å². The summed E-state index contributed by atoms with van der Waals surface area (Å²) in [6.45, 7) is 3.49. The first kappa shape index (κ1) is 22.3. The molecule has 0 N–H and O–H groups in total. The molecule has 0 saturated carbocycles. The van der Waals surface area contributed by atoms with Gasteiger partial charge in [-0.15, -0.1) is 0 Å². The van der Waals surface area contributed by atoms with Gasteiger partial charge in [-0.2, -0.15) is 0 Å². The minimum absolute atomic E-state index is 0.224. The van der Waals surface area contributed by atoms with E-state index >= 15 is 0 Å². The number of ether oxygens (including phenoxy) is 3. The molecule has 0 fully saturated rings. The van der Waals surface area contributed by atoms with Crippen molar-refractivity contribution < 1.29 is 28.4 Å². The Morgan fingerprint density at radius 1 is 0.852 bits per heavy atom. The van der Waals surface area contributed by atoms with Gasteiger partial charge in [-0.05, 0) is 31.5 Å². The highest BCUT2D eigenvalue weighted by atomic mass is 31.0. The Balaban J connectivity index is 0.00000176. The van der Waals surface area contributed by atoms with Crippen LogP contribution < -0.4 is 9.47 Å². The maximum atomic E-state index is 13.3. The average Bonchev–Trinajstić information content (AvgIpc) is 2.69. The van der Waals surface area contributed by atoms with Gasteiger partial charge in [-0.3, -0.25) is 14.2 Å². The highest BCUT2D eigenvalue weighted by Gasteiger charge is 2.34. The predicted molar refractivity (Wildman–Crippen MR) is 103 cm³/mol. The molecular weight excluding hydrogens is 367 g/mol. The number of Topliss-reactive ketones (excluding diaryl/α,β-unsaturated/α-hetero) is 1. The lowest BCUT2D eigenvalue weighted by atomic mass is 9.89. The molecule has 2 aromatic rings. The highest BCUT2D eigenvalue weighted by molar-refractivity contribution is 7.00. The molecule has 0 aliphatic heterocycles. The second-order valence-corrected chi connectivity index (χ2v) is 5.73. The molecule has 0 spiro atoms. The highest BCUT2D eigenvalue weighted by Crippen LogP contribution is 2.34. The van der Waals surface area contributed by atoms with Crippen molar-refractivity contribution in [2.24, 2.45) is 0 Å². The van der Waals surface area contributed by atoms with Crippen LogP contribution in [0.5, 0.6) is 11.5 Å². The molecule has 0 saturated heterocycles. The van der Waals surface area contributed by atoms with Crippen LogP contribution >= 0.6 is 9.12 Å². The molecule has 7 heteroatoms. The quantitative estimate of drug-likeness (QED) is 0.307. The van der Waals surface area contributed by atoms with Crippen molar-refractivity contribution in [2.75, 3.05) is 14.2 Å². The van der Waals surface area contributed by atoms with E-state index in [0.717, 1.165) is 0 Å². The number of ketones is 1. The molecule has 0 amide bonds. The number of rotatable bonds is 7. The third-order valence-corrected chi connectivity index (χ3v) is 3.66. The number of hydrogen-bond acceptors (Lipinski definition) is 6. The fourth-order valence-electron chi connectivity index (χ4n) is 2.58. The van der Waals surface area contributed by atoms with Crippen LogP contribution in [0.2, 0.25) is 0 Å². The standard InChI is InChI=1S/C20H22O5.HOP/c1-13(2)25-20(22)17(14-9-6-5-7-10-14)19(21)18-15(23-3)11-8-12-16(18)24-4;1-2/h5-13,17H,1-4H3;2H. The zero-order valence-corrected chi connectivity index (χ0v) is 16.7. The van der Waals surface area contributed by atoms with Gasteiger partial charge in [0.15, 0.2) is 5.78 Å². The SMILES string of the molecule is COc1cccc(OC)c1C(=O)C(C(=O)OC(C)C)c1ccccc1.O=P. The first-order valence-electron chi connectivity index (χ1n) is 8.20. The molecule has 0 aliphatic carbocycles. The Morgan fingerprint density at radius 2 is 1.37 bits per heavy atom. The Labute approximate surface area is 161 Å². The summed E-state index contributed by atoms with van der Waals surface area (Å²) < 4.78 is 24.0. The van der Waals surface area contributed by atoms with E-state index in [0.29, 0.717) is 17.1 Å². The van der Waals surface area contributed by atoms with Crippen LogP contribution in [0.1, 0.15) is 35.7 Å². The van der Waals surface area contributed by atoms with Gasteiger partial charge in [-0.25, -0.2) is 0 Å². The summed E-state index contributed by atoms with van der Waals surface area (Å²) in [5.74, 6) is -1.41. The summed E-state index contributed by atoms with van der Waals surface area (Å²) >= 11 is 0. The lowest BCUT2D eigenvalue weighted by Gasteiger charge is -2.19. The minimum Gasteiger partial charge on any atom is -0.496 e. The molecule has 27 heavy (non-hydrogen) atoms. The lowest BCUT2D eigenvalue weighted by molar-refractivity contribution is -0.147. The normalized spacial score (nSPS) is 11.0. The predicted octanol–water partition coefficient (Wildman–Crippen LogP) is 4.10. The topological polar surface area (TPSA) is 78.9 Å². The fraction of sp³-hybridized carbons (Fsp3) is 0.300. The van der Waals surface area contributed by atoms with Crippen LogP contribution in [0.15, 0.2) is 48.5 Å². The minimum atomic E-state index is -1.09. The van der Waals surface area contributed by atoms with Crippen molar-refractivity contribution in [3.05, 3.63) is 59.7 Å². The van der Waals surface area contributed by atoms with Gasteiger partial charge in [-0.1, -0.05) is 36.4 Å². The first-order chi connectivity index (χ1) is 13.0. The summed E-state index contributed by atoms with van der Waals surface area (Å²) in [5, 5.41) is 0. The maximum Gasteiger partial charge on any atom is 0.321 e. The third kappa shape index (κ3) is 5.63. The Bertz CT molecular complexity index is 738. The van der Waals surface area contributed by atoms with Crippen LogP contribution in [0.3, 0.4) is 0 Å². The van der Waals surface area contributed by atoms with Crippen molar-refractivity contribution in [1.29, 1.82) is 0 Å². The third-order valence-electron chi connectivity index (χ3n) is 3.66. The van der Waals surface area contributed by atoms with E-state index in [1.54, 1.807) is 65.4 Å². The molecule has 1 unspecified atom stereocenters. The van der Waals surface area contributed by atoms with Crippen LogP contribution in [-0.2, 0) is 14.1 Å². The summed E-state index contributed by atoms with van der Waals surface area (Å²) in [4.78, 5) is 25.9. The Morgan fingerprint density at radius 3 is 1.81 bits per heavy atom. The van der Waals surface area contributed by atoms with Gasteiger partial charge < -0.3 is 14.2 Å². The van der Waals surface area contributed by atoms with E-state index in [1.165, 1.54) is 14.2 Å². The molecule has 0 radical (unpaired) electrons. The van der Waals surface area contributed by atoms with E-state index in [-0.39, 0.29) is 11.7 Å². The van der Waals surface area contributed by atoms with Crippen molar-refractivity contribution in [3.63, 3.8) is 0 Å². The van der Waals surface area contributed by atoms with Gasteiger partial charge in [0.25, 0.3) is 0 Å². The van der Waals surface area contributed by atoms with E-state index in [1.807, 2.05) is 6.07 Å². The molecule has 0 heterocycles. The number of benzene rings is 2. The molecule has 6 nitrogen and oxygen atoms in total. The van der Waals surface area contributed by atoms with Gasteiger partial charge >= 0.3 is 5.97 Å². The summed E-state index contributed by atoms with van der Waals surface area (Å²) in [7, 11) is 4.66. The van der Waals surface area contributed by atoms with Crippen LogP contribution in [0, 0.1) is 0 Å². The molecule has 144 valence electrons. The van der Waals surface area contributed by atoms with Gasteiger partial charge in [0, 0.05) is 0 Å². The number of carbonyl (C=O) groups excluding carboxylic acids is 2. The smallest absolute Gasteiger partial charge is 0.321 e. The zero-order chi connectivity index (χ0) is 20.4. The number of esters is 1. The van der Waals surface area contributed by atoms with Crippen LogP contribution in [0.25, 0.3) is 0 Å². The summed E-state index contributed by atoms with van der Waals surface area (Å²) in [5.41, 5.74) is 0.785. The summed E-state index contributed by atoms with van der Waals surface area (Å²) in [6.07, 6.45) is -0.328. The zero-order valence-electron chi connectivity index (χ0n) is 15.7. The van der Waals surface area contributed by atoms with Crippen LogP contribution in [0.4, 0.5) is 0 Å². The van der Waals surface area contributed by atoms with E-state index in [2.05, 4.69) is 0 Å². The lowest BCUT2D eigenvalue weighted by Crippen LogP contribution is -2.27. The molecule has 0 aromatic heterocycles. The van der Waals surface area contributed by atoms with E-state index in [9.17, 15) is 9.59 Å². The molecule has 2 rings (SSSR count).